The number of amides is 1. The van der Waals surface area contributed by atoms with Crippen molar-refractivity contribution in [2.45, 2.75) is 13.0 Å². The van der Waals surface area contributed by atoms with E-state index in [2.05, 4.69) is 31.6 Å². The molecule has 3 nitrogen and oxygen atoms in total. The maximum Gasteiger partial charge on any atom is 0.252 e. The monoisotopic (exact) mass is 335 g/mol. The molecule has 0 heterocycles. The van der Waals surface area contributed by atoms with Gasteiger partial charge in [0, 0.05) is 18.7 Å². The average molecular weight is 335 g/mol. The molecule has 2 N–H and O–H groups in total. The van der Waals surface area contributed by atoms with Gasteiger partial charge in [0.2, 0.25) is 0 Å². The van der Waals surface area contributed by atoms with Crippen LogP contribution in [0.25, 0.3) is 0 Å². The molecule has 0 saturated heterocycles. The van der Waals surface area contributed by atoms with Gasteiger partial charge in [0.1, 0.15) is 0 Å². The quantitative estimate of drug-likeness (QED) is 0.505. The Morgan fingerprint density at radius 2 is 1.72 bits per heavy atom. The SMILES string of the molecule is C=C/C=C\C(=C)C(=C)/C(=C\C=C)C(=O)NCc1ccc(CCO)cc1. The van der Waals surface area contributed by atoms with Crippen LogP contribution in [0.5, 0.6) is 0 Å². The lowest BCUT2D eigenvalue weighted by Crippen LogP contribution is -2.25. The number of carbonyl (C=O) groups is 1. The third kappa shape index (κ3) is 6.61. The van der Waals surface area contributed by atoms with E-state index >= 15 is 0 Å². The lowest BCUT2D eigenvalue weighted by molar-refractivity contribution is -0.117. The summed E-state index contributed by atoms with van der Waals surface area (Å²) in [5, 5.41) is 11.8. The van der Waals surface area contributed by atoms with E-state index in [1.165, 1.54) is 0 Å². The van der Waals surface area contributed by atoms with Crippen LogP contribution in [0, 0.1) is 0 Å². The molecule has 0 unspecified atom stereocenters. The summed E-state index contributed by atoms with van der Waals surface area (Å²) in [4.78, 5) is 12.5. The van der Waals surface area contributed by atoms with Gasteiger partial charge in [-0.3, -0.25) is 4.79 Å². The Hall–Kier alpha value is -2.91. The fraction of sp³-hybridized carbons (Fsp3) is 0.136. The van der Waals surface area contributed by atoms with Crippen LogP contribution >= 0.6 is 0 Å². The highest BCUT2D eigenvalue weighted by Crippen LogP contribution is 2.18. The van der Waals surface area contributed by atoms with Crippen molar-refractivity contribution in [3.05, 3.63) is 109 Å². The van der Waals surface area contributed by atoms with E-state index < -0.39 is 0 Å². The van der Waals surface area contributed by atoms with Crippen LogP contribution in [0.2, 0.25) is 0 Å². The van der Waals surface area contributed by atoms with Crippen LogP contribution in [0.15, 0.2) is 97.7 Å². The lowest BCUT2D eigenvalue weighted by Gasteiger charge is -2.12. The topological polar surface area (TPSA) is 49.3 Å². The second-order valence-electron chi connectivity index (χ2n) is 5.39. The van der Waals surface area contributed by atoms with E-state index in [0.717, 1.165) is 11.1 Å². The molecular formula is C22H25NO2. The number of benzene rings is 1. The van der Waals surface area contributed by atoms with Crippen molar-refractivity contribution < 1.29 is 9.90 Å². The zero-order valence-electron chi connectivity index (χ0n) is 14.5. The first-order valence-electron chi connectivity index (χ1n) is 8.00. The molecule has 1 aromatic carbocycles. The number of hydrogen-bond acceptors (Lipinski definition) is 2. The van der Waals surface area contributed by atoms with Crippen molar-refractivity contribution in [2.75, 3.05) is 6.61 Å². The zero-order valence-corrected chi connectivity index (χ0v) is 14.5. The summed E-state index contributed by atoms with van der Waals surface area (Å²) in [7, 11) is 0. The van der Waals surface area contributed by atoms with Crippen LogP contribution in [0.1, 0.15) is 11.1 Å². The normalized spacial score (nSPS) is 11.2. The summed E-state index contributed by atoms with van der Waals surface area (Å²) in [5.74, 6) is -0.238. The molecule has 0 fully saturated rings. The Balaban J connectivity index is 2.76. The summed E-state index contributed by atoms with van der Waals surface area (Å²) in [6.07, 6.45) is 8.92. The molecule has 0 radical (unpaired) electrons. The Kier molecular flexibility index (Phi) is 8.69. The van der Waals surface area contributed by atoms with Gasteiger partial charge in [0.25, 0.3) is 5.91 Å². The molecule has 1 aromatic rings. The highest BCUT2D eigenvalue weighted by Gasteiger charge is 2.13. The second-order valence-corrected chi connectivity index (χ2v) is 5.39. The fourth-order valence-electron chi connectivity index (χ4n) is 2.12. The van der Waals surface area contributed by atoms with E-state index in [1.807, 2.05) is 24.3 Å². The first-order valence-corrected chi connectivity index (χ1v) is 8.00. The summed E-state index contributed by atoms with van der Waals surface area (Å²) < 4.78 is 0. The van der Waals surface area contributed by atoms with E-state index in [9.17, 15) is 4.79 Å². The Labute approximate surface area is 150 Å². The molecule has 0 atom stereocenters. The number of nitrogens with one attached hydrogen (secondary N) is 1. The zero-order chi connectivity index (χ0) is 18.7. The molecular weight excluding hydrogens is 310 g/mol. The van der Waals surface area contributed by atoms with Gasteiger partial charge in [-0.05, 0) is 34.8 Å². The minimum atomic E-state index is -0.238. The number of aliphatic hydroxyl groups is 1. The van der Waals surface area contributed by atoms with Crippen molar-refractivity contribution in [2.24, 2.45) is 0 Å². The minimum absolute atomic E-state index is 0.123. The molecule has 0 aliphatic rings. The molecule has 0 aliphatic carbocycles. The lowest BCUT2D eigenvalue weighted by atomic mass is 9.99. The maximum absolute atomic E-state index is 12.5. The number of aliphatic hydroxyl groups excluding tert-OH is 1. The standard InChI is InChI=1S/C22H25NO2/c1-5-7-9-17(3)18(4)21(8-6-2)22(25)23-16-20-12-10-19(11-13-20)14-15-24/h5-13,24H,1-4,14-16H2,(H,23,25)/b9-7-,21-8+. The van der Waals surface area contributed by atoms with Crippen molar-refractivity contribution in [1.29, 1.82) is 0 Å². The van der Waals surface area contributed by atoms with Crippen molar-refractivity contribution in [1.82, 2.24) is 5.32 Å². The van der Waals surface area contributed by atoms with Crippen molar-refractivity contribution >= 4 is 5.91 Å². The molecule has 1 rings (SSSR count). The van der Waals surface area contributed by atoms with Crippen LogP contribution in [0.4, 0.5) is 0 Å². The Morgan fingerprint density at radius 3 is 2.28 bits per heavy atom. The van der Waals surface area contributed by atoms with Crippen LogP contribution < -0.4 is 5.32 Å². The van der Waals surface area contributed by atoms with Gasteiger partial charge in [-0.2, -0.15) is 0 Å². The van der Waals surface area contributed by atoms with Crippen molar-refractivity contribution in [3.63, 3.8) is 0 Å². The van der Waals surface area contributed by atoms with E-state index in [1.54, 1.807) is 30.4 Å². The number of rotatable bonds is 10. The summed E-state index contributed by atoms with van der Waals surface area (Å²) in [5.41, 5.74) is 3.63. The molecule has 0 aliphatic heterocycles. The van der Waals surface area contributed by atoms with Crippen LogP contribution in [-0.2, 0) is 17.8 Å². The van der Waals surface area contributed by atoms with Gasteiger partial charge in [0.15, 0.2) is 0 Å². The summed E-state index contributed by atoms with van der Waals surface area (Å²) >= 11 is 0. The molecule has 0 saturated carbocycles. The third-order valence-electron chi connectivity index (χ3n) is 3.55. The van der Waals surface area contributed by atoms with Gasteiger partial charge >= 0.3 is 0 Å². The van der Waals surface area contributed by atoms with Gasteiger partial charge in [-0.1, -0.05) is 74.9 Å². The molecule has 3 heteroatoms. The van der Waals surface area contributed by atoms with Gasteiger partial charge in [0.05, 0.1) is 0 Å². The van der Waals surface area contributed by atoms with Gasteiger partial charge < -0.3 is 10.4 Å². The van der Waals surface area contributed by atoms with Gasteiger partial charge in [-0.25, -0.2) is 0 Å². The predicted molar refractivity (Wildman–Crippen MR) is 105 cm³/mol. The minimum Gasteiger partial charge on any atom is -0.396 e. The highest BCUT2D eigenvalue weighted by atomic mass is 16.2. The van der Waals surface area contributed by atoms with E-state index in [-0.39, 0.29) is 12.5 Å². The van der Waals surface area contributed by atoms with Gasteiger partial charge in [-0.15, -0.1) is 0 Å². The number of allylic oxidation sites excluding steroid dienone is 6. The molecule has 0 spiro atoms. The largest absolute Gasteiger partial charge is 0.396 e. The first kappa shape index (κ1) is 20.1. The molecule has 1 amide bonds. The Morgan fingerprint density at radius 1 is 1.08 bits per heavy atom. The molecule has 25 heavy (non-hydrogen) atoms. The van der Waals surface area contributed by atoms with Crippen molar-refractivity contribution in [3.8, 4) is 0 Å². The Bertz CT molecular complexity index is 706. The number of carbonyl (C=O) groups excluding carboxylic acids is 1. The second kappa shape index (κ2) is 10.8. The van der Waals surface area contributed by atoms with Crippen LogP contribution in [0.3, 0.4) is 0 Å². The first-order chi connectivity index (χ1) is 12.0. The average Bonchev–Trinajstić information content (AvgIpc) is 2.63. The fourth-order valence-corrected chi connectivity index (χ4v) is 2.12. The predicted octanol–water partition coefficient (Wildman–Crippen LogP) is 3.80. The molecule has 130 valence electrons. The smallest absolute Gasteiger partial charge is 0.252 e. The van der Waals surface area contributed by atoms with Crippen LogP contribution in [-0.4, -0.2) is 17.6 Å². The molecule has 0 aromatic heterocycles. The summed E-state index contributed by atoms with van der Waals surface area (Å²) in [6.45, 7) is 15.6. The van der Waals surface area contributed by atoms with E-state index in [4.69, 9.17) is 5.11 Å². The van der Waals surface area contributed by atoms with E-state index in [0.29, 0.717) is 29.7 Å². The molecule has 0 bridgehead atoms. The number of hydrogen-bond donors (Lipinski definition) is 2. The maximum atomic E-state index is 12.5. The summed E-state index contributed by atoms with van der Waals surface area (Å²) in [6, 6.07) is 7.75. The highest BCUT2D eigenvalue weighted by molar-refractivity contribution is 5.99. The third-order valence-corrected chi connectivity index (χ3v) is 3.55.